The molecule has 0 saturated carbocycles. The third kappa shape index (κ3) is 3.29. The molecule has 9 heteroatoms. The van der Waals surface area contributed by atoms with E-state index in [1.165, 1.54) is 0 Å². The molecule has 3 aliphatic rings. The molecular weight excluding hydrogens is 414 g/mol. The molecular formula is C22H20ClN7O. The second-order valence-corrected chi connectivity index (χ2v) is 7.77. The minimum atomic E-state index is -0.166. The van der Waals surface area contributed by atoms with Crippen LogP contribution in [0, 0.1) is 6.92 Å². The van der Waals surface area contributed by atoms with E-state index in [1.54, 1.807) is 43.2 Å². The molecule has 4 heterocycles. The molecule has 0 unspecified atom stereocenters. The molecule has 3 aliphatic heterocycles. The van der Waals surface area contributed by atoms with Crippen LogP contribution in [0.5, 0.6) is 0 Å². The predicted octanol–water partition coefficient (Wildman–Crippen LogP) is 2.90. The van der Waals surface area contributed by atoms with Crippen LogP contribution in [0.15, 0.2) is 52.6 Å². The third-order valence-electron chi connectivity index (χ3n) is 5.45. The summed E-state index contributed by atoms with van der Waals surface area (Å²) in [6.45, 7) is 3.41. The van der Waals surface area contributed by atoms with Crippen LogP contribution in [0.2, 0.25) is 5.02 Å². The predicted molar refractivity (Wildman–Crippen MR) is 120 cm³/mol. The molecule has 5 rings (SSSR count). The lowest BCUT2D eigenvalue weighted by Crippen LogP contribution is -2.25. The van der Waals surface area contributed by atoms with Crippen LogP contribution in [-0.2, 0) is 6.54 Å². The van der Waals surface area contributed by atoms with Gasteiger partial charge < -0.3 is 9.88 Å². The molecule has 1 N–H and O–H groups in total. The van der Waals surface area contributed by atoms with Crippen LogP contribution < -0.4 is 16.5 Å². The van der Waals surface area contributed by atoms with Crippen LogP contribution in [-0.4, -0.2) is 37.7 Å². The number of benzene rings is 1. The Hall–Kier alpha value is -3.52. The number of anilines is 1. The first kappa shape index (κ1) is 19.4. The minimum absolute atomic E-state index is 0.166. The molecule has 0 bridgehead atoms. The fourth-order valence-electron chi connectivity index (χ4n) is 3.92. The molecule has 0 spiro atoms. The Labute approximate surface area is 183 Å². The van der Waals surface area contributed by atoms with Crippen molar-refractivity contribution in [2.24, 2.45) is 4.99 Å². The fourth-order valence-corrected chi connectivity index (χ4v) is 4.19. The van der Waals surface area contributed by atoms with E-state index in [0.717, 1.165) is 47.8 Å². The number of hydrogen-bond donors (Lipinski definition) is 1. The second-order valence-electron chi connectivity index (χ2n) is 7.36. The summed E-state index contributed by atoms with van der Waals surface area (Å²) >= 11 is 6.73. The number of pyridine rings is 1. The first-order valence-electron chi connectivity index (χ1n) is 9.98. The molecule has 8 nitrogen and oxygen atoms in total. The van der Waals surface area contributed by atoms with Crippen molar-refractivity contribution in [3.8, 4) is 28.2 Å². The highest BCUT2D eigenvalue weighted by Crippen LogP contribution is 2.39. The summed E-state index contributed by atoms with van der Waals surface area (Å²) in [4.78, 5) is 29.5. The van der Waals surface area contributed by atoms with Gasteiger partial charge in [-0.3, -0.25) is 19.3 Å². The maximum atomic E-state index is 12.4. The summed E-state index contributed by atoms with van der Waals surface area (Å²) in [6, 6.07) is 7.68. The summed E-state index contributed by atoms with van der Waals surface area (Å²) in [5.41, 5.74) is 4.17. The van der Waals surface area contributed by atoms with Gasteiger partial charge in [-0.1, -0.05) is 17.7 Å². The van der Waals surface area contributed by atoms with Crippen molar-refractivity contribution in [1.82, 2.24) is 24.1 Å². The van der Waals surface area contributed by atoms with Crippen molar-refractivity contribution < 1.29 is 0 Å². The van der Waals surface area contributed by atoms with E-state index >= 15 is 0 Å². The van der Waals surface area contributed by atoms with Gasteiger partial charge in [-0.25, -0.2) is 4.98 Å². The van der Waals surface area contributed by atoms with Gasteiger partial charge in [-0.05, 0) is 31.5 Å². The normalized spacial score (nSPS) is 13.8. The first-order valence-corrected chi connectivity index (χ1v) is 10.4. The van der Waals surface area contributed by atoms with Crippen molar-refractivity contribution >= 4 is 17.4 Å². The average Bonchev–Trinajstić information content (AvgIpc) is 2.80. The van der Waals surface area contributed by atoms with Gasteiger partial charge in [0.25, 0.3) is 5.56 Å². The number of fused-ring (bicyclic) bond motifs is 3. The van der Waals surface area contributed by atoms with Crippen LogP contribution in [0.4, 0.5) is 5.82 Å². The lowest BCUT2D eigenvalue weighted by atomic mass is 10.0. The molecule has 0 saturated heterocycles. The number of hydrogen-bond acceptors (Lipinski definition) is 6. The highest BCUT2D eigenvalue weighted by molar-refractivity contribution is 6.33. The number of nitrogens with one attached hydrogen (secondary N) is 1. The average molecular weight is 434 g/mol. The zero-order chi connectivity index (χ0) is 21.5. The molecule has 0 atom stereocenters. The fraction of sp³-hybridized carbons (Fsp3) is 0.227. The SMILES string of the molecule is CN=c1ncc2cc(-c3ccc(-n4ccnc(C)c4=O)cc3Cl)c3n(c-2n1)CCCN3. The van der Waals surface area contributed by atoms with Gasteiger partial charge in [0.05, 0.1) is 10.7 Å². The maximum Gasteiger partial charge on any atom is 0.276 e. The maximum absolute atomic E-state index is 12.4. The Bertz CT molecular complexity index is 1410. The van der Waals surface area contributed by atoms with E-state index < -0.39 is 0 Å². The lowest BCUT2D eigenvalue weighted by molar-refractivity contribution is 0.621. The molecule has 0 radical (unpaired) electrons. The van der Waals surface area contributed by atoms with Gasteiger partial charge in [-0.2, -0.15) is 4.98 Å². The summed E-state index contributed by atoms with van der Waals surface area (Å²) in [6.07, 6.45) is 6.03. The van der Waals surface area contributed by atoms with Gasteiger partial charge in [-0.15, -0.1) is 0 Å². The first-order chi connectivity index (χ1) is 15.1. The third-order valence-corrected chi connectivity index (χ3v) is 5.76. The zero-order valence-corrected chi connectivity index (χ0v) is 17.9. The number of aryl methyl sites for hydroxylation is 1. The van der Waals surface area contributed by atoms with Crippen molar-refractivity contribution in [3.63, 3.8) is 0 Å². The van der Waals surface area contributed by atoms with E-state index in [4.69, 9.17) is 11.6 Å². The van der Waals surface area contributed by atoms with Gasteiger partial charge in [0.2, 0.25) is 5.62 Å². The lowest BCUT2D eigenvalue weighted by Gasteiger charge is -2.27. The number of aromatic nitrogens is 5. The number of rotatable bonds is 2. The van der Waals surface area contributed by atoms with Gasteiger partial charge in [0.1, 0.15) is 17.3 Å². The monoisotopic (exact) mass is 433 g/mol. The Kier molecular flexibility index (Phi) is 4.78. The topological polar surface area (TPSA) is 90.0 Å². The quantitative estimate of drug-likeness (QED) is 0.525. The number of nitrogens with zero attached hydrogens (tertiary/aromatic N) is 6. The molecule has 31 heavy (non-hydrogen) atoms. The molecule has 2 aromatic rings. The second kappa shape index (κ2) is 7.63. The minimum Gasteiger partial charge on any atom is -0.371 e. The van der Waals surface area contributed by atoms with Crippen LogP contribution in [0.25, 0.3) is 28.2 Å². The van der Waals surface area contributed by atoms with Crippen molar-refractivity contribution in [1.29, 1.82) is 0 Å². The van der Waals surface area contributed by atoms with Crippen LogP contribution in [0.3, 0.4) is 0 Å². The molecule has 0 amide bonds. The summed E-state index contributed by atoms with van der Waals surface area (Å²) in [5, 5.41) is 4.05. The summed E-state index contributed by atoms with van der Waals surface area (Å²) in [7, 11) is 1.68. The van der Waals surface area contributed by atoms with Crippen LogP contribution >= 0.6 is 11.6 Å². The highest BCUT2D eigenvalue weighted by Gasteiger charge is 2.22. The van der Waals surface area contributed by atoms with Crippen molar-refractivity contribution in [2.75, 3.05) is 18.9 Å². The van der Waals surface area contributed by atoms with E-state index in [9.17, 15) is 4.79 Å². The summed E-state index contributed by atoms with van der Waals surface area (Å²) < 4.78 is 3.70. The summed E-state index contributed by atoms with van der Waals surface area (Å²) in [5.74, 6) is 1.80. The molecule has 156 valence electrons. The Morgan fingerprint density at radius 2 is 2.06 bits per heavy atom. The molecule has 0 fully saturated rings. The van der Waals surface area contributed by atoms with E-state index in [0.29, 0.717) is 22.0 Å². The highest BCUT2D eigenvalue weighted by atomic mass is 35.5. The smallest absolute Gasteiger partial charge is 0.276 e. The Morgan fingerprint density at radius 1 is 1.19 bits per heavy atom. The van der Waals surface area contributed by atoms with Gasteiger partial charge in [0.15, 0.2) is 0 Å². The van der Waals surface area contributed by atoms with Gasteiger partial charge in [0, 0.05) is 55.4 Å². The molecule has 1 aromatic carbocycles. The van der Waals surface area contributed by atoms with Crippen LogP contribution in [0.1, 0.15) is 12.1 Å². The van der Waals surface area contributed by atoms with E-state index in [1.807, 2.05) is 18.2 Å². The Balaban J connectivity index is 1.70. The van der Waals surface area contributed by atoms with E-state index in [2.05, 4.69) is 29.8 Å². The van der Waals surface area contributed by atoms with E-state index in [-0.39, 0.29) is 5.56 Å². The molecule has 0 aliphatic carbocycles. The van der Waals surface area contributed by atoms with Gasteiger partial charge >= 0.3 is 0 Å². The zero-order valence-electron chi connectivity index (χ0n) is 17.1. The number of halogens is 1. The standard InChI is InChI=1S/C22H20ClN7O/c1-13-21(31)29(9-7-25-13)15-4-5-16(18(23)11-15)17-10-14-12-27-22(24-2)28-19(14)30-8-3-6-26-20(17)30/h4-5,7,9-12,26H,3,6,8H2,1-2H3. The molecule has 1 aromatic heterocycles. The largest absolute Gasteiger partial charge is 0.371 e. The van der Waals surface area contributed by atoms with Crippen molar-refractivity contribution in [2.45, 2.75) is 19.9 Å². The van der Waals surface area contributed by atoms with Crippen molar-refractivity contribution in [3.05, 3.63) is 69.5 Å². The Morgan fingerprint density at radius 3 is 2.87 bits per heavy atom.